The molecular formula is C18H25N3O2. The highest BCUT2D eigenvalue weighted by molar-refractivity contribution is 5.91. The van der Waals surface area contributed by atoms with Crippen LogP contribution in [0.1, 0.15) is 19.8 Å². The molecule has 1 saturated heterocycles. The van der Waals surface area contributed by atoms with E-state index in [0.29, 0.717) is 13.1 Å². The standard InChI is InChI=1S/C18H25N3O2/c1-18(22,13-21-8-3-4-9-21)12-20-16-11-15(23-2)10-14-6-5-7-19-17(14)16/h5-7,10-11,20,22H,3-4,8-9,12-13H2,1-2H3. The molecule has 2 N–H and O–H groups in total. The number of pyridine rings is 1. The van der Waals surface area contributed by atoms with Crippen LogP contribution in [0.4, 0.5) is 5.69 Å². The Bertz CT molecular complexity index is 666. The van der Waals surface area contributed by atoms with Gasteiger partial charge in [-0.3, -0.25) is 4.98 Å². The van der Waals surface area contributed by atoms with Gasteiger partial charge in [-0.25, -0.2) is 0 Å². The molecule has 1 aromatic carbocycles. The molecule has 3 rings (SSSR count). The number of anilines is 1. The molecule has 1 unspecified atom stereocenters. The highest BCUT2D eigenvalue weighted by atomic mass is 16.5. The first kappa shape index (κ1) is 16.0. The average Bonchev–Trinajstić information content (AvgIpc) is 3.04. The van der Waals surface area contributed by atoms with Crippen LogP contribution in [0.3, 0.4) is 0 Å². The van der Waals surface area contributed by atoms with Crippen LogP contribution in [0.5, 0.6) is 5.75 Å². The second-order valence-corrected chi connectivity index (χ2v) is 6.58. The van der Waals surface area contributed by atoms with E-state index in [4.69, 9.17) is 4.74 Å². The van der Waals surface area contributed by atoms with Gasteiger partial charge in [-0.1, -0.05) is 6.07 Å². The number of nitrogens with one attached hydrogen (secondary N) is 1. The van der Waals surface area contributed by atoms with Crippen molar-refractivity contribution in [2.75, 3.05) is 38.6 Å². The smallest absolute Gasteiger partial charge is 0.121 e. The topological polar surface area (TPSA) is 57.6 Å². The number of hydrogen-bond acceptors (Lipinski definition) is 5. The molecule has 5 heteroatoms. The maximum atomic E-state index is 10.7. The summed E-state index contributed by atoms with van der Waals surface area (Å²) in [6.45, 7) is 5.21. The second kappa shape index (κ2) is 6.72. The van der Waals surface area contributed by atoms with Gasteiger partial charge in [0.1, 0.15) is 5.75 Å². The highest BCUT2D eigenvalue weighted by Crippen LogP contribution is 2.28. The van der Waals surface area contributed by atoms with Gasteiger partial charge in [-0.15, -0.1) is 0 Å². The maximum Gasteiger partial charge on any atom is 0.121 e. The molecule has 1 atom stereocenters. The monoisotopic (exact) mass is 315 g/mol. The summed E-state index contributed by atoms with van der Waals surface area (Å²) in [5.74, 6) is 0.784. The van der Waals surface area contributed by atoms with Gasteiger partial charge in [-0.2, -0.15) is 0 Å². The van der Waals surface area contributed by atoms with Crippen LogP contribution >= 0.6 is 0 Å². The lowest BCUT2D eigenvalue weighted by molar-refractivity contribution is 0.0384. The molecule has 0 aliphatic carbocycles. The zero-order valence-electron chi connectivity index (χ0n) is 13.9. The molecule has 1 fully saturated rings. The molecule has 2 heterocycles. The number of methoxy groups -OCH3 is 1. The molecule has 0 bridgehead atoms. The van der Waals surface area contributed by atoms with Crippen LogP contribution in [0.25, 0.3) is 10.9 Å². The van der Waals surface area contributed by atoms with Gasteiger partial charge in [-0.05, 0) is 45.0 Å². The van der Waals surface area contributed by atoms with Gasteiger partial charge < -0.3 is 20.1 Å². The second-order valence-electron chi connectivity index (χ2n) is 6.58. The largest absolute Gasteiger partial charge is 0.497 e. The lowest BCUT2D eigenvalue weighted by atomic mass is 10.1. The van der Waals surface area contributed by atoms with Crippen LogP contribution in [0.15, 0.2) is 30.5 Å². The molecule has 0 spiro atoms. The Morgan fingerprint density at radius 1 is 1.35 bits per heavy atom. The SMILES string of the molecule is COc1cc(NCC(C)(O)CN2CCCC2)c2ncccc2c1. The van der Waals surface area contributed by atoms with Gasteiger partial charge in [0, 0.05) is 30.7 Å². The Morgan fingerprint density at radius 2 is 2.13 bits per heavy atom. The summed E-state index contributed by atoms with van der Waals surface area (Å²) in [6.07, 6.45) is 4.24. The molecule has 0 radical (unpaired) electrons. The maximum absolute atomic E-state index is 10.7. The number of rotatable bonds is 6. The molecule has 2 aromatic rings. The fraction of sp³-hybridized carbons (Fsp3) is 0.500. The van der Waals surface area contributed by atoms with Crippen molar-refractivity contribution in [3.63, 3.8) is 0 Å². The van der Waals surface area contributed by atoms with E-state index in [1.807, 2.05) is 31.2 Å². The molecule has 23 heavy (non-hydrogen) atoms. The fourth-order valence-corrected chi connectivity index (χ4v) is 3.18. The summed E-state index contributed by atoms with van der Waals surface area (Å²) < 4.78 is 5.36. The molecule has 0 amide bonds. The van der Waals surface area contributed by atoms with Crippen LogP contribution in [0, 0.1) is 0 Å². The van der Waals surface area contributed by atoms with E-state index < -0.39 is 5.60 Å². The van der Waals surface area contributed by atoms with Crippen molar-refractivity contribution in [2.24, 2.45) is 0 Å². The van der Waals surface area contributed by atoms with E-state index in [0.717, 1.165) is 35.4 Å². The Morgan fingerprint density at radius 3 is 2.87 bits per heavy atom. The first-order valence-electron chi connectivity index (χ1n) is 8.19. The number of hydrogen-bond donors (Lipinski definition) is 2. The minimum Gasteiger partial charge on any atom is -0.497 e. The lowest BCUT2D eigenvalue weighted by Gasteiger charge is -2.29. The summed E-state index contributed by atoms with van der Waals surface area (Å²) in [7, 11) is 1.66. The zero-order chi connectivity index (χ0) is 16.3. The van der Waals surface area contributed by atoms with Crippen LogP contribution in [-0.4, -0.2) is 53.9 Å². The Balaban J connectivity index is 1.75. The normalized spacial score (nSPS) is 18.0. The lowest BCUT2D eigenvalue weighted by Crippen LogP contribution is -2.44. The van der Waals surface area contributed by atoms with Crippen molar-refractivity contribution < 1.29 is 9.84 Å². The number of nitrogens with zero attached hydrogens (tertiary/aromatic N) is 2. The van der Waals surface area contributed by atoms with Crippen molar-refractivity contribution in [1.29, 1.82) is 0 Å². The van der Waals surface area contributed by atoms with Crippen molar-refractivity contribution in [1.82, 2.24) is 9.88 Å². The van der Waals surface area contributed by atoms with Gasteiger partial charge in [0.05, 0.1) is 23.9 Å². The molecule has 5 nitrogen and oxygen atoms in total. The third-order valence-corrected chi connectivity index (χ3v) is 4.34. The third kappa shape index (κ3) is 3.92. The fourth-order valence-electron chi connectivity index (χ4n) is 3.18. The van der Waals surface area contributed by atoms with Crippen LogP contribution in [-0.2, 0) is 0 Å². The Hall–Kier alpha value is -1.85. The Kier molecular flexibility index (Phi) is 4.68. The average molecular weight is 315 g/mol. The van der Waals surface area contributed by atoms with E-state index in [1.165, 1.54) is 12.8 Å². The minimum atomic E-state index is -0.783. The highest BCUT2D eigenvalue weighted by Gasteiger charge is 2.25. The molecule has 0 saturated carbocycles. The minimum absolute atomic E-state index is 0.475. The summed E-state index contributed by atoms with van der Waals surface area (Å²) >= 11 is 0. The molecule has 124 valence electrons. The number of likely N-dealkylation sites (tertiary alicyclic amines) is 1. The summed E-state index contributed by atoms with van der Waals surface area (Å²) in [5, 5.41) is 15.1. The van der Waals surface area contributed by atoms with E-state index >= 15 is 0 Å². The van der Waals surface area contributed by atoms with Crippen molar-refractivity contribution in [3.05, 3.63) is 30.5 Å². The summed E-state index contributed by atoms with van der Waals surface area (Å²) in [5.41, 5.74) is 1.00. The zero-order valence-corrected chi connectivity index (χ0v) is 13.9. The number of aliphatic hydroxyl groups is 1. The van der Waals surface area contributed by atoms with Gasteiger partial charge >= 0.3 is 0 Å². The molecular weight excluding hydrogens is 290 g/mol. The molecule has 1 aliphatic heterocycles. The summed E-state index contributed by atoms with van der Waals surface area (Å²) in [4.78, 5) is 6.77. The van der Waals surface area contributed by atoms with E-state index in [9.17, 15) is 5.11 Å². The van der Waals surface area contributed by atoms with Gasteiger partial charge in [0.25, 0.3) is 0 Å². The van der Waals surface area contributed by atoms with E-state index in [2.05, 4.69) is 15.2 Å². The van der Waals surface area contributed by atoms with Gasteiger partial charge in [0.2, 0.25) is 0 Å². The number of β-amino-alcohol motifs (C(OH)–C–C–N with tert-alkyl or cyclic N) is 1. The van der Waals surface area contributed by atoms with E-state index in [1.54, 1.807) is 13.3 Å². The number of ether oxygens (including phenoxy) is 1. The molecule has 1 aliphatic rings. The first-order chi connectivity index (χ1) is 11.1. The van der Waals surface area contributed by atoms with Crippen molar-refractivity contribution >= 4 is 16.6 Å². The quantitative estimate of drug-likeness (QED) is 0.858. The Labute approximate surface area is 137 Å². The van der Waals surface area contributed by atoms with Crippen LogP contribution in [0.2, 0.25) is 0 Å². The molecule has 1 aromatic heterocycles. The predicted octanol–water partition coefficient (Wildman–Crippen LogP) is 2.50. The number of fused-ring (bicyclic) bond motifs is 1. The third-order valence-electron chi connectivity index (χ3n) is 4.34. The van der Waals surface area contributed by atoms with Crippen molar-refractivity contribution in [3.8, 4) is 5.75 Å². The van der Waals surface area contributed by atoms with Crippen LogP contribution < -0.4 is 10.1 Å². The number of aromatic nitrogens is 1. The first-order valence-corrected chi connectivity index (χ1v) is 8.19. The van der Waals surface area contributed by atoms with E-state index in [-0.39, 0.29) is 0 Å². The van der Waals surface area contributed by atoms with Crippen molar-refractivity contribution in [2.45, 2.75) is 25.4 Å². The predicted molar refractivity (Wildman–Crippen MR) is 93.1 cm³/mol. The summed E-state index contributed by atoms with van der Waals surface area (Å²) in [6, 6.07) is 7.82. The number of benzene rings is 1. The van der Waals surface area contributed by atoms with Gasteiger partial charge in [0.15, 0.2) is 0 Å².